The van der Waals surface area contributed by atoms with Crippen molar-refractivity contribution in [2.45, 2.75) is 44.8 Å². The molecule has 0 radical (unpaired) electrons. The van der Waals surface area contributed by atoms with E-state index in [4.69, 9.17) is 0 Å². The van der Waals surface area contributed by atoms with Crippen LogP contribution in [-0.4, -0.2) is 38.8 Å². The van der Waals surface area contributed by atoms with Crippen molar-refractivity contribution in [1.82, 2.24) is 20.2 Å². The molecule has 6 heteroatoms. The molecule has 2 heterocycles. The van der Waals surface area contributed by atoms with Gasteiger partial charge in [0.15, 0.2) is 0 Å². The van der Waals surface area contributed by atoms with E-state index in [1.165, 1.54) is 4.90 Å². The van der Waals surface area contributed by atoms with Gasteiger partial charge in [0, 0.05) is 25.0 Å². The van der Waals surface area contributed by atoms with Gasteiger partial charge in [0.1, 0.15) is 0 Å². The second-order valence-electron chi connectivity index (χ2n) is 5.12. The molecule has 0 spiro atoms. The maximum atomic E-state index is 12.1. The zero-order valence-corrected chi connectivity index (χ0v) is 10.8. The Hall–Kier alpha value is -1.82. The van der Waals surface area contributed by atoms with Crippen LogP contribution >= 0.6 is 0 Å². The number of carbonyl (C=O) groups is 2. The van der Waals surface area contributed by atoms with Crippen molar-refractivity contribution in [2.24, 2.45) is 0 Å². The molecule has 2 fully saturated rings. The Balaban J connectivity index is 1.60. The van der Waals surface area contributed by atoms with Crippen LogP contribution in [0.5, 0.6) is 0 Å². The fourth-order valence-corrected chi connectivity index (χ4v) is 2.27. The number of rotatable bonds is 4. The zero-order valence-electron chi connectivity index (χ0n) is 10.8. The third-order valence-electron chi connectivity index (χ3n) is 3.46. The first-order valence-electron chi connectivity index (χ1n) is 6.52. The van der Waals surface area contributed by atoms with Crippen molar-refractivity contribution in [3.8, 4) is 0 Å². The number of hydrogen-bond donors (Lipinski definition) is 1. The van der Waals surface area contributed by atoms with Gasteiger partial charge < -0.3 is 0 Å². The summed E-state index contributed by atoms with van der Waals surface area (Å²) in [5.74, 6) is -0.146. The molecule has 1 saturated carbocycles. The van der Waals surface area contributed by atoms with Crippen molar-refractivity contribution in [3.05, 3.63) is 23.8 Å². The lowest BCUT2D eigenvalue weighted by Gasteiger charge is -2.14. The highest BCUT2D eigenvalue weighted by atomic mass is 16.2. The molecule has 1 N–H and O–H groups in total. The number of aryl methyl sites for hydroxylation is 1. The van der Waals surface area contributed by atoms with Gasteiger partial charge in [0.25, 0.3) is 0 Å². The molecule has 1 aromatic rings. The first-order valence-corrected chi connectivity index (χ1v) is 6.52. The first kappa shape index (κ1) is 12.2. The van der Waals surface area contributed by atoms with E-state index in [0.29, 0.717) is 6.54 Å². The maximum Gasteiger partial charge on any atom is 0.247 e. The normalized spacial score (nSPS) is 23.2. The highest BCUT2D eigenvalue weighted by Gasteiger charge is 2.45. The lowest BCUT2D eigenvalue weighted by molar-refractivity contribution is -0.139. The average molecular weight is 260 g/mol. The van der Waals surface area contributed by atoms with E-state index in [1.54, 1.807) is 12.4 Å². The van der Waals surface area contributed by atoms with Gasteiger partial charge in [-0.2, -0.15) is 0 Å². The Kier molecular flexibility index (Phi) is 3.02. The van der Waals surface area contributed by atoms with Crippen molar-refractivity contribution >= 4 is 11.8 Å². The SMILES string of the molecule is Cc1cnc(CNC2CC(=O)N(C3CC3)C2=O)cn1. The van der Waals surface area contributed by atoms with Crippen LogP contribution < -0.4 is 5.32 Å². The molecule has 3 rings (SSSR count). The summed E-state index contributed by atoms with van der Waals surface area (Å²) in [6.07, 6.45) is 5.53. The molecule has 2 amide bonds. The minimum Gasteiger partial charge on any atom is -0.300 e. The minimum absolute atomic E-state index is 0.0556. The third kappa shape index (κ3) is 2.49. The van der Waals surface area contributed by atoms with Gasteiger partial charge in [-0.05, 0) is 19.8 Å². The quantitative estimate of drug-likeness (QED) is 0.781. The average Bonchev–Trinajstić information content (AvgIpc) is 3.17. The summed E-state index contributed by atoms with van der Waals surface area (Å²) in [5, 5.41) is 3.10. The minimum atomic E-state index is -0.406. The predicted octanol–water partition coefficient (Wildman–Crippen LogP) is 0.165. The Bertz CT molecular complexity index is 510. The van der Waals surface area contributed by atoms with Gasteiger partial charge >= 0.3 is 0 Å². The second-order valence-corrected chi connectivity index (χ2v) is 5.12. The maximum absolute atomic E-state index is 12.1. The smallest absolute Gasteiger partial charge is 0.247 e. The number of amides is 2. The standard InChI is InChI=1S/C13H16N4O2/c1-8-5-15-9(6-14-8)7-16-11-4-12(18)17(13(11)19)10-2-3-10/h5-6,10-11,16H,2-4,7H2,1H3. The molecule has 19 heavy (non-hydrogen) atoms. The van der Waals surface area contributed by atoms with E-state index < -0.39 is 6.04 Å². The number of likely N-dealkylation sites (tertiary alicyclic amines) is 1. The van der Waals surface area contributed by atoms with Crippen LogP contribution in [0.25, 0.3) is 0 Å². The Morgan fingerprint density at radius 2 is 2.11 bits per heavy atom. The van der Waals surface area contributed by atoms with Crippen molar-refractivity contribution in [3.63, 3.8) is 0 Å². The Morgan fingerprint density at radius 3 is 2.74 bits per heavy atom. The molecule has 1 aromatic heterocycles. The van der Waals surface area contributed by atoms with Gasteiger partial charge in [0.2, 0.25) is 11.8 Å². The summed E-state index contributed by atoms with van der Waals surface area (Å²) in [6.45, 7) is 2.33. The fourth-order valence-electron chi connectivity index (χ4n) is 2.27. The zero-order chi connectivity index (χ0) is 13.4. The van der Waals surface area contributed by atoms with Crippen LogP contribution in [-0.2, 0) is 16.1 Å². The number of nitrogens with one attached hydrogen (secondary N) is 1. The van der Waals surface area contributed by atoms with Crippen LogP contribution in [0, 0.1) is 6.92 Å². The lowest BCUT2D eigenvalue weighted by Crippen LogP contribution is -2.39. The molecule has 0 aromatic carbocycles. The van der Waals surface area contributed by atoms with Crippen LogP contribution in [0.2, 0.25) is 0 Å². The highest BCUT2D eigenvalue weighted by molar-refractivity contribution is 6.06. The molecule has 1 aliphatic carbocycles. The third-order valence-corrected chi connectivity index (χ3v) is 3.46. The van der Waals surface area contributed by atoms with E-state index in [-0.39, 0.29) is 24.3 Å². The van der Waals surface area contributed by atoms with Gasteiger partial charge in [0.05, 0.1) is 23.9 Å². The largest absolute Gasteiger partial charge is 0.300 e. The topological polar surface area (TPSA) is 75.2 Å². The number of imide groups is 1. The summed E-state index contributed by atoms with van der Waals surface area (Å²) in [6, 6.07) is -0.248. The summed E-state index contributed by atoms with van der Waals surface area (Å²) in [7, 11) is 0. The molecule has 0 bridgehead atoms. The van der Waals surface area contributed by atoms with Crippen molar-refractivity contribution in [2.75, 3.05) is 0 Å². The van der Waals surface area contributed by atoms with E-state index in [2.05, 4.69) is 15.3 Å². The molecule has 2 aliphatic rings. The Labute approximate surface area is 111 Å². The summed E-state index contributed by atoms with van der Waals surface area (Å²) >= 11 is 0. The summed E-state index contributed by atoms with van der Waals surface area (Å²) in [5.41, 5.74) is 1.63. The fraction of sp³-hybridized carbons (Fsp3) is 0.538. The number of carbonyl (C=O) groups excluding carboxylic acids is 2. The van der Waals surface area contributed by atoms with E-state index in [9.17, 15) is 9.59 Å². The molecule has 1 aliphatic heterocycles. The van der Waals surface area contributed by atoms with Crippen LogP contribution in [0.15, 0.2) is 12.4 Å². The van der Waals surface area contributed by atoms with Crippen molar-refractivity contribution < 1.29 is 9.59 Å². The summed E-state index contributed by atoms with van der Waals surface area (Å²) in [4.78, 5) is 33.6. The predicted molar refractivity (Wildman–Crippen MR) is 66.9 cm³/mol. The monoisotopic (exact) mass is 260 g/mol. The van der Waals surface area contributed by atoms with Gasteiger partial charge in [-0.25, -0.2) is 0 Å². The molecule has 100 valence electrons. The van der Waals surface area contributed by atoms with Gasteiger partial charge in [-0.1, -0.05) is 0 Å². The number of nitrogens with zero attached hydrogens (tertiary/aromatic N) is 3. The molecule has 6 nitrogen and oxygen atoms in total. The first-order chi connectivity index (χ1) is 9.15. The number of hydrogen-bond acceptors (Lipinski definition) is 5. The summed E-state index contributed by atoms with van der Waals surface area (Å²) < 4.78 is 0. The molecular weight excluding hydrogens is 244 g/mol. The molecule has 1 unspecified atom stereocenters. The highest BCUT2D eigenvalue weighted by Crippen LogP contribution is 2.31. The van der Waals surface area contributed by atoms with E-state index in [1.807, 2.05) is 6.92 Å². The van der Waals surface area contributed by atoms with Gasteiger partial charge in [-0.3, -0.25) is 29.8 Å². The second kappa shape index (κ2) is 4.70. The number of aromatic nitrogens is 2. The molecule has 1 atom stereocenters. The van der Waals surface area contributed by atoms with Crippen LogP contribution in [0.3, 0.4) is 0 Å². The van der Waals surface area contributed by atoms with E-state index >= 15 is 0 Å². The van der Waals surface area contributed by atoms with Crippen molar-refractivity contribution in [1.29, 1.82) is 0 Å². The van der Waals surface area contributed by atoms with E-state index in [0.717, 1.165) is 24.2 Å². The molecular formula is C13H16N4O2. The lowest BCUT2D eigenvalue weighted by atomic mass is 10.2. The Morgan fingerprint density at radius 1 is 1.32 bits per heavy atom. The van der Waals surface area contributed by atoms with Crippen LogP contribution in [0.4, 0.5) is 0 Å². The van der Waals surface area contributed by atoms with Gasteiger partial charge in [-0.15, -0.1) is 0 Å². The van der Waals surface area contributed by atoms with Crippen LogP contribution in [0.1, 0.15) is 30.7 Å². The molecule has 1 saturated heterocycles.